The highest BCUT2D eigenvalue weighted by atomic mass is 31.2. The Balaban J connectivity index is 1.76. The summed E-state index contributed by atoms with van der Waals surface area (Å²) in [6.07, 6.45) is 2.88. The first-order chi connectivity index (χ1) is 22.7. The van der Waals surface area contributed by atoms with E-state index in [2.05, 4.69) is 18.5 Å². The minimum Gasteiger partial charge on any atom is -0.457 e. The van der Waals surface area contributed by atoms with Gasteiger partial charge in [-0.25, -0.2) is 9.59 Å². The number of ether oxygens (including phenoxy) is 4. The molecule has 2 heterocycles. The van der Waals surface area contributed by atoms with E-state index < -0.39 is 42.7 Å². The molecule has 1 unspecified atom stereocenters. The molecule has 0 radical (unpaired) electrons. The molecule has 0 bridgehead atoms. The minimum atomic E-state index is -3.10. The minimum absolute atomic E-state index is 0.0145. The molecule has 246 valence electrons. The fraction of sp³-hybridized carbons (Fsp3) is 0.297. The van der Waals surface area contributed by atoms with Crippen LogP contribution in [0, 0.1) is 0 Å². The molecule has 0 aliphatic carbocycles. The number of nitrogens with zero attached hydrogens (tertiary/aromatic N) is 1. The molecular formula is C37H41N2O7P. The Hall–Kier alpha value is -4.43. The smallest absolute Gasteiger partial charge is 0.408 e. The summed E-state index contributed by atoms with van der Waals surface area (Å²) in [4.78, 5) is 43.3. The standard InChI is InChI=1S/C37H41N2O7P/c1-5-24-43-35(41)34(47(28-16-10-7-11-17-28,29-18-12-8-13-19-29)30-20-14-9-15-21-30)39-31(23-22-27-26-45-37(3,4)46-27)32(33(39)40)38-36(42)44-25-6-2/h5-21,27,31-32H,1-2,22-26H2,3-4H3,(H,38,42)/t27?,31-,32+/m1/s1. The van der Waals surface area contributed by atoms with Crippen LogP contribution in [0.1, 0.15) is 26.7 Å². The quantitative estimate of drug-likeness (QED) is 0.127. The molecule has 9 nitrogen and oxygen atoms in total. The van der Waals surface area contributed by atoms with Gasteiger partial charge in [0.05, 0.1) is 18.8 Å². The van der Waals surface area contributed by atoms with E-state index in [9.17, 15) is 14.4 Å². The molecule has 0 aromatic heterocycles. The highest BCUT2D eigenvalue weighted by Gasteiger charge is 2.54. The van der Waals surface area contributed by atoms with Crippen molar-refractivity contribution in [3.8, 4) is 0 Å². The Morgan fingerprint density at radius 2 is 1.38 bits per heavy atom. The number of likely N-dealkylation sites (tertiary alicyclic amines) is 1. The zero-order valence-electron chi connectivity index (χ0n) is 26.7. The third-order valence-corrected chi connectivity index (χ3v) is 12.4. The summed E-state index contributed by atoms with van der Waals surface area (Å²) in [5.74, 6) is -1.80. The summed E-state index contributed by atoms with van der Waals surface area (Å²) in [6.45, 7) is 8.26. The van der Waals surface area contributed by atoms with Crippen molar-refractivity contribution in [2.24, 2.45) is 0 Å². The second-order valence-electron chi connectivity index (χ2n) is 11.7. The monoisotopic (exact) mass is 656 g/mol. The lowest BCUT2D eigenvalue weighted by Gasteiger charge is -2.50. The summed E-state index contributed by atoms with van der Waals surface area (Å²) in [5.41, 5.74) is 0.222. The molecule has 3 aromatic carbocycles. The Morgan fingerprint density at radius 3 is 1.85 bits per heavy atom. The predicted octanol–water partition coefficient (Wildman–Crippen LogP) is 4.26. The normalized spacial score (nSPS) is 20.1. The van der Waals surface area contributed by atoms with E-state index in [1.165, 1.54) is 12.2 Å². The molecule has 2 aliphatic heterocycles. The Morgan fingerprint density at radius 1 is 0.872 bits per heavy atom. The van der Waals surface area contributed by atoms with Gasteiger partial charge in [0.2, 0.25) is 0 Å². The van der Waals surface area contributed by atoms with Crippen LogP contribution in [-0.2, 0) is 28.5 Å². The maximum Gasteiger partial charge on any atom is 0.408 e. The molecule has 5 rings (SSSR count). The maximum atomic E-state index is 14.6. The van der Waals surface area contributed by atoms with Crippen LogP contribution in [0.15, 0.2) is 116 Å². The van der Waals surface area contributed by atoms with Crippen molar-refractivity contribution in [3.05, 3.63) is 116 Å². The number of hydrogen-bond acceptors (Lipinski definition) is 7. The third-order valence-electron chi connectivity index (χ3n) is 8.17. The molecule has 2 saturated heterocycles. The van der Waals surface area contributed by atoms with Gasteiger partial charge in [-0.15, -0.1) is 0 Å². The number of β-lactam (4-membered cyclic amide) rings is 1. The number of esters is 1. The molecule has 0 saturated carbocycles. The van der Waals surface area contributed by atoms with Gasteiger partial charge in [0.25, 0.3) is 5.91 Å². The first-order valence-corrected chi connectivity index (χ1v) is 17.4. The predicted molar refractivity (Wildman–Crippen MR) is 185 cm³/mol. The van der Waals surface area contributed by atoms with Crippen LogP contribution in [0.5, 0.6) is 0 Å². The topological polar surface area (TPSA) is 103 Å². The summed E-state index contributed by atoms with van der Waals surface area (Å²) in [6, 6.07) is 27.7. The van der Waals surface area contributed by atoms with Crippen LogP contribution in [0.2, 0.25) is 0 Å². The zero-order valence-corrected chi connectivity index (χ0v) is 27.6. The highest BCUT2D eigenvalue weighted by molar-refractivity contribution is 7.96. The summed E-state index contributed by atoms with van der Waals surface area (Å²) < 4.78 is 22.9. The van der Waals surface area contributed by atoms with Crippen molar-refractivity contribution < 1.29 is 33.3 Å². The lowest BCUT2D eigenvalue weighted by atomic mass is 9.90. The van der Waals surface area contributed by atoms with E-state index in [-0.39, 0.29) is 24.7 Å². The summed E-state index contributed by atoms with van der Waals surface area (Å²) in [7, 11) is 0. The fourth-order valence-corrected chi connectivity index (χ4v) is 10.6. The van der Waals surface area contributed by atoms with E-state index in [1.54, 1.807) is 4.90 Å². The fourth-order valence-electron chi connectivity index (χ4n) is 6.19. The van der Waals surface area contributed by atoms with E-state index in [0.717, 1.165) is 15.9 Å². The van der Waals surface area contributed by atoms with E-state index in [4.69, 9.17) is 18.9 Å². The Bertz CT molecular complexity index is 1540. The molecule has 3 aromatic rings. The largest absolute Gasteiger partial charge is 0.457 e. The second kappa shape index (κ2) is 15.0. The summed E-state index contributed by atoms with van der Waals surface area (Å²) in [5, 5.41) is 5.34. The van der Waals surface area contributed by atoms with Crippen molar-refractivity contribution in [2.75, 3.05) is 19.8 Å². The molecule has 10 heteroatoms. The lowest BCUT2D eigenvalue weighted by Crippen LogP contribution is -2.73. The van der Waals surface area contributed by atoms with Gasteiger partial charge in [0.1, 0.15) is 24.7 Å². The first-order valence-electron chi connectivity index (χ1n) is 15.6. The number of rotatable bonds is 13. The second-order valence-corrected chi connectivity index (χ2v) is 15.0. The number of nitrogens with one attached hydrogen (secondary N) is 1. The van der Waals surface area contributed by atoms with Gasteiger partial charge in [-0.1, -0.05) is 116 Å². The van der Waals surface area contributed by atoms with Crippen molar-refractivity contribution in [3.63, 3.8) is 0 Å². The van der Waals surface area contributed by atoms with Gasteiger partial charge < -0.3 is 24.3 Å². The van der Waals surface area contributed by atoms with Crippen LogP contribution in [-0.4, -0.2) is 72.1 Å². The molecule has 2 fully saturated rings. The first kappa shape index (κ1) is 33.9. The molecule has 2 aliphatic rings. The molecular weight excluding hydrogens is 615 g/mol. The molecule has 1 N–H and O–H groups in total. The van der Waals surface area contributed by atoms with Crippen molar-refractivity contribution in [1.29, 1.82) is 0 Å². The van der Waals surface area contributed by atoms with E-state index >= 15 is 0 Å². The molecule has 2 amide bonds. The number of amides is 2. The van der Waals surface area contributed by atoms with Gasteiger partial charge in [-0.3, -0.25) is 9.69 Å². The number of carbonyl (C=O) groups excluding carboxylic acids is 3. The van der Waals surface area contributed by atoms with Crippen LogP contribution >= 0.6 is 6.89 Å². The zero-order chi connectivity index (χ0) is 33.4. The third kappa shape index (κ3) is 7.13. The van der Waals surface area contributed by atoms with E-state index in [0.29, 0.717) is 19.4 Å². The Kier molecular flexibility index (Phi) is 10.8. The van der Waals surface area contributed by atoms with Gasteiger partial charge in [-0.05, 0) is 42.6 Å². The van der Waals surface area contributed by atoms with E-state index in [1.807, 2.05) is 105 Å². The van der Waals surface area contributed by atoms with Gasteiger partial charge in [0, 0.05) is 6.89 Å². The van der Waals surface area contributed by atoms with Crippen molar-refractivity contribution >= 4 is 46.2 Å². The van der Waals surface area contributed by atoms with Crippen LogP contribution < -0.4 is 21.2 Å². The average molecular weight is 657 g/mol. The van der Waals surface area contributed by atoms with Crippen molar-refractivity contribution in [2.45, 2.75) is 50.7 Å². The Labute approximate surface area is 276 Å². The van der Waals surface area contributed by atoms with Crippen LogP contribution in [0.4, 0.5) is 4.79 Å². The van der Waals surface area contributed by atoms with Crippen molar-refractivity contribution in [1.82, 2.24) is 10.2 Å². The van der Waals surface area contributed by atoms with Gasteiger partial charge in [0.15, 0.2) is 5.79 Å². The van der Waals surface area contributed by atoms with Crippen LogP contribution in [0.25, 0.3) is 0 Å². The number of carbonyl (C=O) groups is 3. The maximum absolute atomic E-state index is 14.6. The van der Waals surface area contributed by atoms with Crippen LogP contribution in [0.3, 0.4) is 0 Å². The molecule has 3 atom stereocenters. The molecule has 0 spiro atoms. The SMILES string of the molecule is C=CCOC(=O)N[C@@H]1C(=O)N(C(C(=O)OCC=C)=P(c2ccccc2)(c2ccccc2)c2ccccc2)[C@@H]1CCC1COC(C)(C)O1. The molecule has 47 heavy (non-hydrogen) atoms. The van der Waals surface area contributed by atoms with Gasteiger partial charge >= 0.3 is 12.1 Å². The number of alkyl carbamates (subject to hydrolysis) is 1. The number of hydrogen-bond donors (Lipinski definition) is 1. The lowest BCUT2D eigenvalue weighted by molar-refractivity contribution is -0.149. The highest BCUT2D eigenvalue weighted by Crippen LogP contribution is 2.49. The van der Waals surface area contributed by atoms with Gasteiger partial charge in [-0.2, -0.15) is 0 Å². The summed E-state index contributed by atoms with van der Waals surface area (Å²) >= 11 is 0. The average Bonchev–Trinajstić information content (AvgIpc) is 3.45. The number of benzene rings is 3.